The Kier molecular flexibility index (Phi) is 2.67. The highest BCUT2D eigenvalue weighted by Crippen LogP contribution is 2.25. The molecule has 1 amide bonds. The lowest BCUT2D eigenvalue weighted by atomic mass is 10.2. The van der Waals surface area contributed by atoms with Crippen molar-refractivity contribution in [2.75, 3.05) is 18.5 Å². The van der Waals surface area contributed by atoms with Crippen molar-refractivity contribution in [2.45, 2.75) is 12.5 Å². The van der Waals surface area contributed by atoms with Crippen LogP contribution < -0.4 is 16.0 Å². The predicted molar refractivity (Wildman–Crippen MR) is 71.3 cm³/mol. The molecule has 0 bridgehead atoms. The molecule has 1 saturated heterocycles. The Morgan fingerprint density at radius 3 is 2.84 bits per heavy atom. The summed E-state index contributed by atoms with van der Waals surface area (Å²) in [4.78, 5) is 25.1. The third-order valence-electron chi connectivity index (χ3n) is 3.62. The maximum absolute atomic E-state index is 12.0. The highest BCUT2D eigenvalue weighted by molar-refractivity contribution is 5.97. The topological polar surface area (TPSA) is 67.5 Å². The highest BCUT2D eigenvalue weighted by Gasteiger charge is 2.29. The van der Waals surface area contributed by atoms with E-state index >= 15 is 0 Å². The van der Waals surface area contributed by atoms with Crippen molar-refractivity contribution in [1.29, 1.82) is 0 Å². The summed E-state index contributed by atoms with van der Waals surface area (Å²) in [5, 5.41) is 3.11. The summed E-state index contributed by atoms with van der Waals surface area (Å²) in [7, 11) is 3.50. The van der Waals surface area contributed by atoms with Crippen molar-refractivity contribution in [3.05, 3.63) is 28.7 Å². The van der Waals surface area contributed by atoms with E-state index in [2.05, 4.69) is 5.32 Å². The predicted octanol–water partition coefficient (Wildman–Crippen LogP) is 0.456. The molecule has 1 aliphatic rings. The number of carbonyl (C=O) groups is 1. The van der Waals surface area contributed by atoms with Crippen LogP contribution in [-0.4, -0.2) is 30.1 Å². The Morgan fingerprint density at radius 2 is 2.16 bits per heavy atom. The molecule has 6 heteroatoms. The maximum Gasteiger partial charge on any atom is 0.419 e. The number of hydrogen-bond donors (Lipinski definition) is 1. The van der Waals surface area contributed by atoms with Gasteiger partial charge in [-0.25, -0.2) is 4.79 Å². The number of oxazole rings is 1. The third-order valence-corrected chi connectivity index (χ3v) is 3.62. The Balaban J connectivity index is 2.04. The van der Waals surface area contributed by atoms with E-state index in [1.165, 1.54) is 4.57 Å². The average molecular weight is 261 g/mol. The van der Waals surface area contributed by atoms with Gasteiger partial charge < -0.3 is 14.6 Å². The number of rotatable bonds is 2. The molecule has 19 heavy (non-hydrogen) atoms. The minimum absolute atomic E-state index is 0.0900. The lowest BCUT2D eigenvalue weighted by Crippen LogP contribution is -2.30. The Bertz CT molecular complexity index is 701. The molecule has 1 aromatic carbocycles. The van der Waals surface area contributed by atoms with Crippen molar-refractivity contribution < 1.29 is 9.21 Å². The van der Waals surface area contributed by atoms with E-state index in [0.717, 1.165) is 5.69 Å². The molecule has 3 rings (SSSR count). The fraction of sp³-hybridized carbons (Fsp3) is 0.385. The quantitative estimate of drug-likeness (QED) is 0.852. The molecule has 2 aromatic rings. The standard InChI is InChI=1S/C13H15N3O3/c1-14-8-5-12(17)16(7-8)9-3-4-11-10(6-9)15(2)13(18)19-11/h3-4,6,8,14H,5,7H2,1-2H3. The molecule has 1 aliphatic heterocycles. The Morgan fingerprint density at radius 1 is 1.37 bits per heavy atom. The summed E-state index contributed by atoms with van der Waals surface area (Å²) >= 11 is 0. The van der Waals surface area contributed by atoms with Crippen molar-refractivity contribution in [1.82, 2.24) is 9.88 Å². The Hall–Kier alpha value is -2.08. The summed E-state index contributed by atoms with van der Waals surface area (Å²) in [5.41, 5.74) is 2.03. The van der Waals surface area contributed by atoms with Gasteiger partial charge in [-0.1, -0.05) is 0 Å². The number of aromatic nitrogens is 1. The molecular weight excluding hydrogens is 246 g/mol. The van der Waals surface area contributed by atoms with Crippen LogP contribution in [0.1, 0.15) is 6.42 Å². The van der Waals surface area contributed by atoms with Gasteiger partial charge in [-0.3, -0.25) is 9.36 Å². The smallest absolute Gasteiger partial charge is 0.408 e. The fourth-order valence-electron chi connectivity index (χ4n) is 2.43. The lowest BCUT2D eigenvalue weighted by molar-refractivity contribution is -0.117. The monoisotopic (exact) mass is 261 g/mol. The van der Waals surface area contributed by atoms with Crippen molar-refractivity contribution in [3.8, 4) is 0 Å². The summed E-state index contributed by atoms with van der Waals surface area (Å²) in [6, 6.07) is 5.53. The molecule has 1 unspecified atom stereocenters. The molecule has 1 aromatic heterocycles. The van der Waals surface area contributed by atoms with Crippen molar-refractivity contribution in [3.63, 3.8) is 0 Å². The number of nitrogens with zero attached hydrogens (tertiary/aromatic N) is 2. The molecule has 2 heterocycles. The lowest BCUT2D eigenvalue weighted by Gasteiger charge is -2.16. The van der Waals surface area contributed by atoms with Gasteiger partial charge in [0.05, 0.1) is 5.52 Å². The van der Waals surface area contributed by atoms with Crippen LogP contribution in [0.5, 0.6) is 0 Å². The molecule has 1 fully saturated rings. The van der Waals surface area contributed by atoms with Gasteiger partial charge in [0.15, 0.2) is 5.58 Å². The first-order chi connectivity index (χ1) is 9.10. The highest BCUT2D eigenvalue weighted by atomic mass is 16.4. The van der Waals surface area contributed by atoms with Crippen LogP contribution >= 0.6 is 0 Å². The van der Waals surface area contributed by atoms with E-state index in [9.17, 15) is 9.59 Å². The first-order valence-electron chi connectivity index (χ1n) is 6.17. The van der Waals surface area contributed by atoms with E-state index < -0.39 is 5.76 Å². The maximum atomic E-state index is 12.0. The molecule has 100 valence electrons. The van der Waals surface area contributed by atoms with Gasteiger partial charge in [0, 0.05) is 31.7 Å². The number of fused-ring (bicyclic) bond motifs is 1. The first-order valence-corrected chi connectivity index (χ1v) is 6.17. The zero-order valence-corrected chi connectivity index (χ0v) is 10.8. The fourth-order valence-corrected chi connectivity index (χ4v) is 2.43. The largest absolute Gasteiger partial charge is 0.419 e. The van der Waals surface area contributed by atoms with Crippen LogP contribution in [0.15, 0.2) is 27.4 Å². The number of anilines is 1. The molecule has 0 radical (unpaired) electrons. The SMILES string of the molecule is CNC1CC(=O)N(c2ccc3oc(=O)n(C)c3c2)C1. The van der Waals surface area contributed by atoms with E-state index in [4.69, 9.17) is 4.42 Å². The van der Waals surface area contributed by atoms with Crippen LogP contribution in [0.2, 0.25) is 0 Å². The van der Waals surface area contributed by atoms with Gasteiger partial charge in [0.2, 0.25) is 5.91 Å². The van der Waals surface area contributed by atoms with Crippen LogP contribution in [0.3, 0.4) is 0 Å². The minimum Gasteiger partial charge on any atom is -0.408 e. The number of carbonyl (C=O) groups excluding carboxylic acids is 1. The normalized spacial score (nSPS) is 19.6. The van der Waals surface area contributed by atoms with Crippen LogP contribution in [0, 0.1) is 0 Å². The zero-order chi connectivity index (χ0) is 13.6. The zero-order valence-electron chi connectivity index (χ0n) is 10.8. The summed E-state index contributed by atoms with van der Waals surface area (Å²) in [6.07, 6.45) is 0.499. The molecule has 1 atom stereocenters. The molecule has 0 spiro atoms. The molecule has 1 N–H and O–H groups in total. The summed E-state index contributed by atoms with van der Waals surface area (Å²) < 4.78 is 6.52. The van der Waals surface area contributed by atoms with Gasteiger partial charge >= 0.3 is 5.76 Å². The number of aryl methyl sites for hydroxylation is 1. The number of nitrogens with one attached hydrogen (secondary N) is 1. The number of amides is 1. The van der Waals surface area contributed by atoms with Crippen LogP contribution in [-0.2, 0) is 11.8 Å². The molecule has 6 nitrogen and oxygen atoms in total. The van der Waals surface area contributed by atoms with Crippen LogP contribution in [0.4, 0.5) is 5.69 Å². The van der Waals surface area contributed by atoms with E-state index in [1.54, 1.807) is 24.1 Å². The number of hydrogen-bond acceptors (Lipinski definition) is 4. The summed E-state index contributed by atoms with van der Waals surface area (Å²) in [6.45, 7) is 0.645. The van der Waals surface area contributed by atoms with Gasteiger partial charge in [-0.2, -0.15) is 0 Å². The Labute approximate surface area is 109 Å². The number of likely N-dealkylation sites (N-methyl/N-ethyl adjacent to an activating group) is 1. The van der Waals surface area contributed by atoms with Gasteiger partial charge in [-0.15, -0.1) is 0 Å². The third kappa shape index (κ3) is 1.84. The van der Waals surface area contributed by atoms with E-state index in [-0.39, 0.29) is 11.9 Å². The average Bonchev–Trinajstić information content (AvgIpc) is 2.91. The second kappa shape index (κ2) is 4.24. The van der Waals surface area contributed by atoms with Crippen molar-refractivity contribution >= 4 is 22.7 Å². The second-order valence-corrected chi connectivity index (χ2v) is 4.77. The number of benzene rings is 1. The summed E-state index contributed by atoms with van der Waals surface area (Å²) in [5.74, 6) is -0.305. The van der Waals surface area contributed by atoms with Gasteiger partial charge in [0.25, 0.3) is 0 Å². The first kappa shape index (κ1) is 12.0. The molecule has 0 aliphatic carbocycles. The molecular formula is C13H15N3O3. The van der Waals surface area contributed by atoms with Gasteiger partial charge in [0.1, 0.15) is 0 Å². The van der Waals surface area contributed by atoms with E-state index in [0.29, 0.717) is 24.1 Å². The van der Waals surface area contributed by atoms with E-state index in [1.807, 2.05) is 13.1 Å². The van der Waals surface area contributed by atoms with Crippen molar-refractivity contribution in [2.24, 2.45) is 7.05 Å². The van der Waals surface area contributed by atoms with Gasteiger partial charge in [-0.05, 0) is 25.2 Å². The molecule has 0 saturated carbocycles. The minimum atomic E-state index is -0.395. The second-order valence-electron chi connectivity index (χ2n) is 4.77. The van der Waals surface area contributed by atoms with Crippen LogP contribution in [0.25, 0.3) is 11.1 Å².